The molecule has 326 valence electrons. The summed E-state index contributed by atoms with van der Waals surface area (Å²) in [6.07, 6.45) is 0. The number of hydrogen-bond acceptors (Lipinski definition) is 1. The summed E-state index contributed by atoms with van der Waals surface area (Å²) < 4.78 is 2.38. The lowest BCUT2D eigenvalue weighted by Gasteiger charge is -2.35. The number of aromatic nitrogens is 1. The topological polar surface area (TPSA) is 8.17 Å². The Labute approximate surface area is 405 Å². The van der Waals surface area contributed by atoms with Crippen LogP contribution in [-0.2, 0) is 0 Å². The number of nitrogens with zero attached hydrogens (tertiary/aromatic N) is 2. The molecule has 0 amide bonds. The molecule has 0 radical (unpaired) electrons. The van der Waals surface area contributed by atoms with Crippen molar-refractivity contribution in [1.29, 1.82) is 0 Å². The summed E-state index contributed by atoms with van der Waals surface area (Å²) in [5.41, 5.74) is 13.8. The molecule has 12 rings (SSSR count). The maximum absolute atomic E-state index is 2.75. The summed E-state index contributed by atoms with van der Waals surface area (Å²) in [5.74, 6) is 0. The summed E-state index contributed by atoms with van der Waals surface area (Å²) in [6, 6.07) is 107. The number of anilines is 3. The van der Waals surface area contributed by atoms with Crippen LogP contribution in [0.1, 0.15) is 0 Å². The Hall–Kier alpha value is -8.76. The van der Waals surface area contributed by atoms with E-state index in [1.54, 1.807) is 0 Å². The van der Waals surface area contributed by atoms with E-state index in [1.165, 1.54) is 59.2 Å². The summed E-state index contributed by atoms with van der Waals surface area (Å²) >= 11 is 0. The van der Waals surface area contributed by atoms with E-state index in [0.29, 0.717) is 0 Å². The summed E-state index contributed by atoms with van der Waals surface area (Å²) in [5, 5.41) is 7.91. The Morgan fingerprint density at radius 2 is 0.681 bits per heavy atom. The monoisotopic (exact) mass is 896 g/mol. The molecule has 1 heterocycles. The fourth-order valence-corrected chi connectivity index (χ4v) is 15.4. The smallest absolute Gasteiger partial charge is 0.179 e. The highest BCUT2D eigenvalue weighted by atomic mass is 28.3. The lowest BCUT2D eigenvalue weighted by Crippen LogP contribution is -2.74. The van der Waals surface area contributed by atoms with Gasteiger partial charge in [0.15, 0.2) is 8.07 Å². The fraction of sp³-hybridized carbons (Fsp3) is 0. The maximum Gasteiger partial charge on any atom is 0.179 e. The quantitative estimate of drug-likeness (QED) is 0.0928. The highest BCUT2D eigenvalue weighted by Crippen LogP contribution is 2.44. The first kappa shape index (κ1) is 41.7. The van der Waals surface area contributed by atoms with Gasteiger partial charge in [-0.05, 0) is 103 Å². The SMILES string of the molecule is c1ccc(-c2cc(N(c3ccc([Si](c4ccccc4)(c4ccccc4)c4ccccc4)cc3)c3ccccc3-c3ccccc3)ccc2-c2ccc(-n3c4ccccc4c4ccccc43)cc2)cc1. The van der Waals surface area contributed by atoms with Gasteiger partial charge in [-0.25, -0.2) is 0 Å². The third-order valence-electron chi connectivity index (χ3n) is 13.8. The van der Waals surface area contributed by atoms with Gasteiger partial charge in [-0.1, -0.05) is 237 Å². The van der Waals surface area contributed by atoms with E-state index in [1.807, 2.05) is 0 Å². The van der Waals surface area contributed by atoms with Gasteiger partial charge in [0.2, 0.25) is 0 Å². The molecule has 0 aliphatic rings. The molecule has 0 saturated heterocycles. The first-order chi connectivity index (χ1) is 34.3. The van der Waals surface area contributed by atoms with Crippen molar-refractivity contribution in [3.8, 4) is 39.1 Å². The molecule has 12 aromatic rings. The van der Waals surface area contributed by atoms with Crippen molar-refractivity contribution in [2.45, 2.75) is 0 Å². The normalized spacial score (nSPS) is 11.5. The first-order valence-corrected chi connectivity index (χ1v) is 25.8. The van der Waals surface area contributed by atoms with Gasteiger partial charge in [0.05, 0.1) is 16.7 Å². The summed E-state index contributed by atoms with van der Waals surface area (Å²) in [7, 11) is -2.75. The molecule has 0 N–H and O–H groups in total. The van der Waals surface area contributed by atoms with Gasteiger partial charge in [0, 0.05) is 33.4 Å². The average molecular weight is 897 g/mol. The van der Waals surface area contributed by atoms with Gasteiger partial charge in [-0.3, -0.25) is 0 Å². The molecule has 0 spiro atoms. The Morgan fingerprint density at radius 3 is 1.22 bits per heavy atom. The molecular formula is C66H48N2Si. The van der Waals surface area contributed by atoms with Crippen molar-refractivity contribution in [2.75, 3.05) is 4.90 Å². The Bertz CT molecular complexity index is 3530. The fourth-order valence-electron chi connectivity index (χ4n) is 10.7. The first-order valence-electron chi connectivity index (χ1n) is 23.8. The largest absolute Gasteiger partial charge is 0.310 e. The molecule has 1 aromatic heterocycles. The molecule has 2 nitrogen and oxygen atoms in total. The third kappa shape index (κ3) is 7.46. The van der Waals surface area contributed by atoms with E-state index < -0.39 is 8.07 Å². The molecule has 0 atom stereocenters. The number of fused-ring (bicyclic) bond motifs is 3. The zero-order valence-electron chi connectivity index (χ0n) is 38.1. The number of para-hydroxylation sites is 3. The van der Waals surface area contributed by atoms with E-state index in [2.05, 4.69) is 301 Å². The van der Waals surface area contributed by atoms with E-state index >= 15 is 0 Å². The van der Waals surface area contributed by atoms with Crippen LogP contribution in [0.15, 0.2) is 291 Å². The molecule has 3 heteroatoms. The molecular weight excluding hydrogens is 849 g/mol. The minimum atomic E-state index is -2.75. The zero-order valence-corrected chi connectivity index (χ0v) is 39.1. The van der Waals surface area contributed by atoms with Crippen LogP contribution in [0.4, 0.5) is 17.1 Å². The Morgan fingerprint density at radius 1 is 0.275 bits per heavy atom. The molecule has 0 aliphatic heterocycles. The molecule has 0 saturated carbocycles. The molecule has 0 unspecified atom stereocenters. The number of benzene rings is 11. The molecule has 0 bridgehead atoms. The molecule has 0 aliphatic carbocycles. The van der Waals surface area contributed by atoms with Crippen molar-refractivity contribution in [3.05, 3.63) is 291 Å². The minimum absolute atomic E-state index is 1.08. The highest BCUT2D eigenvalue weighted by molar-refractivity contribution is 7.19. The van der Waals surface area contributed by atoms with E-state index in [9.17, 15) is 0 Å². The Balaban J connectivity index is 1.03. The average Bonchev–Trinajstić information content (AvgIpc) is 3.77. The van der Waals surface area contributed by atoms with Crippen molar-refractivity contribution in [3.63, 3.8) is 0 Å². The number of hydrogen-bond donors (Lipinski definition) is 0. The van der Waals surface area contributed by atoms with Crippen LogP contribution in [0.3, 0.4) is 0 Å². The maximum atomic E-state index is 2.45. The minimum Gasteiger partial charge on any atom is -0.310 e. The van der Waals surface area contributed by atoms with Crippen molar-refractivity contribution < 1.29 is 0 Å². The molecule has 0 fully saturated rings. The van der Waals surface area contributed by atoms with Crippen molar-refractivity contribution in [1.82, 2.24) is 4.57 Å². The molecule has 11 aromatic carbocycles. The van der Waals surface area contributed by atoms with Gasteiger partial charge >= 0.3 is 0 Å². The van der Waals surface area contributed by atoms with Gasteiger partial charge < -0.3 is 9.47 Å². The third-order valence-corrected chi connectivity index (χ3v) is 18.6. The van der Waals surface area contributed by atoms with Crippen LogP contribution in [-0.4, -0.2) is 12.6 Å². The van der Waals surface area contributed by atoms with E-state index in [4.69, 9.17) is 0 Å². The second kappa shape index (κ2) is 18.1. The van der Waals surface area contributed by atoms with Crippen molar-refractivity contribution >= 4 is 67.7 Å². The van der Waals surface area contributed by atoms with Gasteiger partial charge in [-0.2, -0.15) is 0 Å². The van der Waals surface area contributed by atoms with Crippen LogP contribution in [0.5, 0.6) is 0 Å². The second-order valence-corrected chi connectivity index (χ2v) is 21.4. The van der Waals surface area contributed by atoms with Crippen LogP contribution >= 0.6 is 0 Å². The van der Waals surface area contributed by atoms with E-state index in [-0.39, 0.29) is 0 Å². The highest BCUT2D eigenvalue weighted by Gasteiger charge is 2.41. The molecule has 69 heavy (non-hydrogen) atoms. The second-order valence-electron chi connectivity index (χ2n) is 17.6. The lowest BCUT2D eigenvalue weighted by molar-refractivity contribution is 1.18. The summed E-state index contributed by atoms with van der Waals surface area (Å²) in [6.45, 7) is 0. The lowest BCUT2D eigenvalue weighted by atomic mass is 9.93. The van der Waals surface area contributed by atoms with Crippen molar-refractivity contribution in [2.24, 2.45) is 0 Å². The van der Waals surface area contributed by atoms with Gasteiger partial charge in [0.1, 0.15) is 0 Å². The van der Waals surface area contributed by atoms with Gasteiger partial charge in [-0.15, -0.1) is 0 Å². The summed E-state index contributed by atoms with van der Waals surface area (Å²) in [4.78, 5) is 2.45. The standard InChI is InChI=1S/C66H48N2Si/c1-6-22-49(23-7-1)60-32-16-19-35-64(60)67(52-42-45-58(46-43-52)69(55-26-10-3-11-27-55,56-28-12-4-13-29-56)57-30-14-5-15-31-57)54-44-47-59(63(48-54)50-24-8-2-9-25-50)51-38-40-53(41-39-51)68-65-36-20-17-33-61(65)62-34-18-21-37-66(62)68/h1-48H. The van der Waals surface area contributed by atoms with Crippen LogP contribution < -0.4 is 25.6 Å². The van der Waals surface area contributed by atoms with Gasteiger partial charge in [0.25, 0.3) is 0 Å². The predicted octanol–water partition coefficient (Wildman–Crippen LogP) is 14.6. The predicted molar refractivity (Wildman–Crippen MR) is 295 cm³/mol. The van der Waals surface area contributed by atoms with Crippen LogP contribution in [0.25, 0.3) is 60.9 Å². The number of rotatable bonds is 11. The van der Waals surface area contributed by atoms with E-state index in [0.717, 1.165) is 39.4 Å². The van der Waals surface area contributed by atoms with Crippen LogP contribution in [0, 0.1) is 0 Å². The zero-order chi connectivity index (χ0) is 46.0. The Kier molecular flexibility index (Phi) is 11.0. The van der Waals surface area contributed by atoms with Crippen LogP contribution in [0.2, 0.25) is 0 Å².